The zero-order valence-corrected chi connectivity index (χ0v) is 16.9. The van der Waals surface area contributed by atoms with E-state index in [4.69, 9.17) is 9.84 Å². The van der Waals surface area contributed by atoms with Crippen LogP contribution < -0.4 is 10.1 Å². The molecule has 0 fully saturated rings. The van der Waals surface area contributed by atoms with Crippen molar-refractivity contribution in [1.82, 2.24) is 9.97 Å². The van der Waals surface area contributed by atoms with Crippen LogP contribution in [-0.4, -0.2) is 27.0 Å². The number of halogens is 4. The van der Waals surface area contributed by atoms with Gasteiger partial charge >= 0.3 is 12.1 Å². The summed E-state index contributed by atoms with van der Waals surface area (Å²) in [6.45, 7) is 0. The molecule has 0 atom stereocenters. The van der Waals surface area contributed by atoms with Gasteiger partial charge in [0.25, 0.3) is 5.91 Å². The summed E-state index contributed by atoms with van der Waals surface area (Å²) >= 11 is 0. The lowest BCUT2D eigenvalue weighted by atomic mass is 10.0. The standard InChI is InChI=1S/C23H13F4N3O4/c24-18-7-4-13(11-17(18)23(25,26)27)29-21(31)16-3-1-2-12-10-14(5-6-15(12)16)34-19-8-9-28-20(30-19)22(32)33/h1-11H,(H,29,31)(H,32,33). The molecule has 3 aromatic carbocycles. The van der Waals surface area contributed by atoms with Gasteiger partial charge in [-0.2, -0.15) is 18.2 Å². The molecule has 0 aliphatic rings. The Hall–Kier alpha value is -4.54. The molecule has 1 amide bonds. The van der Waals surface area contributed by atoms with Crippen molar-refractivity contribution < 1.29 is 37.0 Å². The van der Waals surface area contributed by atoms with Gasteiger partial charge in [0.1, 0.15) is 11.6 Å². The fraction of sp³-hybridized carbons (Fsp3) is 0.0435. The summed E-state index contributed by atoms with van der Waals surface area (Å²) < 4.78 is 57.9. The zero-order valence-electron chi connectivity index (χ0n) is 16.9. The summed E-state index contributed by atoms with van der Waals surface area (Å²) in [4.78, 5) is 31.1. The maximum Gasteiger partial charge on any atom is 0.419 e. The fourth-order valence-corrected chi connectivity index (χ4v) is 3.16. The highest BCUT2D eigenvalue weighted by Crippen LogP contribution is 2.33. The lowest BCUT2D eigenvalue weighted by Gasteiger charge is -2.12. The minimum Gasteiger partial charge on any atom is -0.475 e. The highest BCUT2D eigenvalue weighted by Gasteiger charge is 2.34. The Morgan fingerprint density at radius 1 is 1.00 bits per heavy atom. The van der Waals surface area contributed by atoms with E-state index in [2.05, 4.69) is 15.3 Å². The van der Waals surface area contributed by atoms with Gasteiger partial charge in [0, 0.05) is 23.5 Å². The minimum atomic E-state index is -4.91. The van der Waals surface area contributed by atoms with Gasteiger partial charge in [0.15, 0.2) is 0 Å². The summed E-state index contributed by atoms with van der Waals surface area (Å²) in [7, 11) is 0. The third-order valence-electron chi connectivity index (χ3n) is 4.67. The first-order valence-electron chi connectivity index (χ1n) is 9.57. The zero-order chi connectivity index (χ0) is 24.5. The van der Waals surface area contributed by atoms with Crippen molar-refractivity contribution in [2.24, 2.45) is 0 Å². The molecule has 0 saturated heterocycles. The summed E-state index contributed by atoms with van der Waals surface area (Å²) in [6, 6.07) is 13.0. The van der Waals surface area contributed by atoms with E-state index in [1.807, 2.05) is 0 Å². The van der Waals surface area contributed by atoms with Crippen molar-refractivity contribution in [2.45, 2.75) is 6.18 Å². The number of hydrogen-bond acceptors (Lipinski definition) is 5. The molecule has 4 aromatic rings. The molecule has 7 nitrogen and oxygen atoms in total. The Bertz CT molecular complexity index is 1420. The average molecular weight is 471 g/mol. The Morgan fingerprint density at radius 2 is 1.79 bits per heavy atom. The number of aromatic carboxylic acids is 1. The van der Waals surface area contributed by atoms with E-state index in [-0.39, 0.29) is 17.1 Å². The molecule has 0 radical (unpaired) electrons. The number of alkyl halides is 3. The van der Waals surface area contributed by atoms with E-state index >= 15 is 0 Å². The number of benzene rings is 3. The van der Waals surface area contributed by atoms with E-state index in [1.54, 1.807) is 24.3 Å². The van der Waals surface area contributed by atoms with Crippen LogP contribution in [0.25, 0.3) is 10.8 Å². The first-order valence-corrected chi connectivity index (χ1v) is 9.57. The molecule has 0 aliphatic carbocycles. The SMILES string of the molecule is O=C(O)c1nccc(Oc2ccc3c(C(=O)Nc4ccc(F)c(C(F)(F)F)c4)cccc3c2)n1. The van der Waals surface area contributed by atoms with Gasteiger partial charge in [0.05, 0.1) is 5.56 Å². The minimum absolute atomic E-state index is 0.00238. The van der Waals surface area contributed by atoms with Crippen LogP contribution >= 0.6 is 0 Å². The molecule has 34 heavy (non-hydrogen) atoms. The lowest BCUT2D eigenvalue weighted by molar-refractivity contribution is -0.139. The van der Waals surface area contributed by atoms with Crippen LogP contribution in [0.1, 0.15) is 26.5 Å². The highest BCUT2D eigenvalue weighted by atomic mass is 19.4. The predicted molar refractivity (Wildman–Crippen MR) is 112 cm³/mol. The lowest BCUT2D eigenvalue weighted by Crippen LogP contribution is -2.14. The molecule has 0 aliphatic heterocycles. The number of nitrogens with zero attached hydrogens (tertiary/aromatic N) is 2. The first kappa shape index (κ1) is 22.6. The van der Waals surface area contributed by atoms with Crippen LogP contribution in [0.2, 0.25) is 0 Å². The number of amides is 1. The number of ether oxygens (including phenoxy) is 1. The molecule has 1 aromatic heterocycles. The molecule has 4 rings (SSSR count). The maximum atomic E-state index is 13.5. The molecule has 11 heteroatoms. The molecule has 0 spiro atoms. The number of rotatable bonds is 5. The van der Waals surface area contributed by atoms with Gasteiger partial charge in [-0.1, -0.05) is 12.1 Å². The summed E-state index contributed by atoms with van der Waals surface area (Å²) in [5.41, 5.74) is -1.54. The number of aromatic nitrogens is 2. The molecule has 0 unspecified atom stereocenters. The topological polar surface area (TPSA) is 101 Å². The van der Waals surface area contributed by atoms with E-state index < -0.39 is 35.3 Å². The van der Waals surface area contributed by atoms with Crippen molar-refractivity contribution in [3.8, 4) is 11.6 Å². The van der Waals surface area contributed by atoms with Crippen LogP contribution in [0.3, 0.4) is 0 Å². The van der Waals surface area contributed by atoms with E-state index in [0.29, 0.717) is 28.7 Å². The van der Waals surface area contributed by atoms with Gasteiger partial charge in [-0.15, -0.1) is 0 Å². The van der Waals surface area contributed by atoms with Crippen molar-refractivity contribution in [3.05, 3.63) is 89.6 Å². The number of carbonyl (C=O) groups is 2. The Morgan fingerprint density at radius 3 is 2.53 bits per heavy atom. The number of carboxylic acids is 1. The first-order chi connectivity index (χ1) is 16.1. The molecule has 1 heterocycles. The summed E-state index contributed by atoms with van der Waals surface area (Å²) in [5.74, 6) is -3.59. The monoisotopic (exact) mass is 471 g/mol. The quantitative estimate of drug-likeness (QED) is 0.371. The number of anilines is 1. The number of hydrogen-bond donors (Lipinski definition) is 2. The van der Waals surface area contributed by atoms with Gasteiger partial charge in [-0.3, -0.25) is 4.79 Å². The molecule has 0 saturated carbocycles. The van der Waals surface area contributed by atoms with Crippen molar-refractivity contribution in [1.29, 1.82) is 0 Å². The molecule has 2 N–H and O–H groups in total. The summed E-state index contributed by atoms with van der Waals surface area (Å²) in [6.07, 6.45) is -3.68. The number of carbonyl (C=O) groups excluding carboxylic acids is 1. The van der Waals surface area contributed by atoms with Crippen LogP contribution in [0, 0.1) is 5.82 Å². The second kappa shape index (κ2) is 8.77. The van der Waals surface area contributed by atoms with Crippen molar-refractivity contribution >= 4 is 28.3 Å². The predicted octanol–water partition coefficient (Wildman–Crippen LogP) is 5.53. The molecule has 0 bridgehead atoms. The highest BCUT2D eigenvalue weighted by molar-refractivity contribution is 6.13. The largest absolute Gasteiger partial charge is 0.475 e. The van der Waals surface area contributed by atoms with Crippen LogP contribution in [0.4, 0.5) is 23.2 Å². The Kier molecular flexibility index (Phi) is 5.84. The average Bonchev–Trinajstić information content (AvgIpc) is 2.79. The second-order valence-corrected chi connectivity index (χ2v) is 6.96. The third-order valence-corrected chi connectivity index (χ3v) is 4.67. The third kappa shape index (κ3) is 4.77. The van der Waals surface area contributed by atoms with Gasteiger partial charge in [-0.25, -0.2) is 14.2 Å². The second-order valence-electron chi connectivity index (χ2n) is 6.96. The fourth-order valence-electron chi connectivity index (χ4n) is 3.16. The van der Waals surface area contributed by atoms with E-state index in [1.165, 1.54) is 24.4 Å². The molecular weight excluding hydrogens is 458 g/mol. The molecular formula is C23H13F4N3O4. The van der Waals surface area contributed by atoms with Crippen molar-refractivity contribution in [3.63, 3.8) is 0 Å². The number of fused-ring (bicyclic) bond motifs is 1. The van der Waals surface area contributed by atoms with E-state index in [9.17, 15) is 27.2 Å². The Labute approximate surface area is 188 Å². The van der Waals surface area contributed by atoms with Crippen LogP contribution in [0.15, 0.2) is 66.9 Å². The number of carboxylic acid groups (broad SMARTS) is 1. The van der Waals surface area contributed by atoms with Gasteiger partial charge in [0.2, 0.25) is 11.7 Å². The number of nitrogens with one attached hydrogen (secondary N) is 1. The van der Waals surface area contributed by atoms with Crippen LogP contribution in [-0.2, 0) is 6.18 Å². The smallest absolute Gasteiger partial charge is 0.419 e. The normalized spacial score (nSPS) is 11.3. The molecule has 172 valence electrons. The Balaban J connectivity index is 1.60. The van der Waals surface area contributed by atoms with Crippen LogP contribution in [0.5, 0.6) is 11.6 Å². The van der Waals surface area contributed by atoms with Gasteiger partial charge < -0.3 is 15.2 Å². The summed E-state index contributed by atoms with van der Waals surface area (Å²) in [5, 5.41) is 12.4. The van der Waals surface area contributed by atoms with Gasteiger partial charge in [-0.05, 0) is 53.2 Å². The van der Waals surface area contributed by atoms with Crippen molar-refractivity contribution in [2.75, 3.05) is 5.32 Å². The van der Waals surface area contributed by atoms with E-state index in [0.717, 1.165) is 6.07 Å². The maximum absolute atomic E-state index is 13.5.